The third-order valence-corrected chi connectivity index (χ3v) is 4.58. The van der Waals surface area contributed by atoms with E-state index in [1.54, 1.807) is 6.92 Å². The summed E-state index contributed by atoms with van der Waals surface area (Å²) >= 11 is 6.14. The summed E-state index contributed by atoms with van der Waals surface area (Å²) in [6.07, 6.45) is 1.02. The van der Waals surface area contributed by atoms with Crippen molar-refractivity contribution < 1.29 is 13.3 Å². The summed E-state index contributed by atoms with van der Waals surface area (Å²) in [6, 6.07) is 4.00. The Morgan fingerprint density at radius 3 is 2.15 bits per heavy atom. The van der Waals surface area contributed by atoms with Gasteiger partial charge in [-0.15, -0.1) is 11.6 Å². The molecule has 0 saturated carbocycles. The Bertz CT molecular complexity index is 603. The largest absolute Gasteiger partial charge is 0.274 e. The van der Waals surface area contributed by atoms with Gasteiger partial charge in [0.05, 0.1) is 9.82 Å². The van der Waals surface area contributed by atoms with E-state index in [9.17, 15) is 18.5 Å². The first-order valence-electron chi connectivity index (χ1n) is 6.18. The number of nitrogens with zero attached hydrogens (tertiary/aromatic N) is 1. The number of nitro benzene ring substituents is 1. The second-order valence-corrected chi connectivity index (χ2v) is 7.90. The fourth-order valence-corrected chi connectivity index (χ4v) is 3.40. The van der Waals surface area contributed by atoms with Crippen LogP contribution >= 0.6 is 11.6 Å². The number of hydrogen-bond donors (Lipinski definition) is 0. The van der Waals surface area contributed by atoms with Crippen molar-refractivity contribution in [1.82, 2.24) is 0 Å². The van der Waals surface area contributed by atoms with Crippen LogP contribution in [0.15, 0.2) is 23.1 Å². The fourth-order valence-electron chi connectivity index (χ4n) is 2.33. The quantitative estimate of drug-likeness (QED) is 0.473. The van der Waals surface area contributed by atoms with Crippen LogP contribution in [0.2, 0.25) is 0 Å². The van der Waals surface area contributed by atoms with Crippen LogP contribution in [-0.2, 0) is 9.84 Å². The fraction of sp³-hybridized carbons (Fsp3) is 0.538. The summed E-state index contributed by atoms with van der Waals surface area (Å²) in [5, 5.41) is 10.9. The maximum atomic E-state index is 11.5. The van der Waals surface area contributed by atoms with Crippen molar-refractivity contribution in [3.63, 3.8) is 0 Å². The van der Waals surface area contributed by atoms with E-state index in [2.05, 4.69) is 0 Å². The minimum Gasteiger partial charge on any atom is -0.258 e. The molecule has 2 atom stereocenters. The molecule has 0 N–H and O–H groups in total. The van der Waals surface area contributed by atoms with Gasteiger partial charge in [-0.05, 0) is 18.9 Å². The van der Waals surface area contributed by atoms with Crippen molar-refractivity contribution in [2.75, 3.05) is 6.26 Å². The molecule has 1 aromatic rings. The molecule has 0 heterocycles. The van der Waals surface area contributed by atoms with Gasteiger partial charge in [0.15, 0.2) is 9.84 Å². The SMILES string of the molecule is CC(C)C(c1ccc(S(C)(=O)=O)cc1[N+](=O)[O-])C(C)Cl. The van der Waals surface area contributed by atoms with Crippen molar-refractivity contribution in [3.05, 3.63) is 33.9 Å². The van der Waals surface area contributed by atoms with Gasteiger partial charge in [-0.2, -0.15) is 0 Å². The lowest BCUT2D eigenvalue weighted by atomic mass is 9.85. The third-order valence-electron chi connectivity index (χ3n) is 3.20. The smallest absolute Gasteiger partial charge is 0.258 e. The number of benzene rings is 1. The van der Waals surface area contributed by atoms with Crippen LogP contribution in [0, 0.1) is 16.0 Å². The summed E-state index contributed by atoms with van der Waals surface area (Å²) in [5.74, 6) is -0.115. The van der Waals surface area contributed by atoms with Crippen molar-refractivity contribution in [2.24, 2.45) is 5.92 Å². The van der Waals surface area contributed by atoms with E-state index in [4.69, 9.17) is 11.6 Å². The van der Waals surface area contributed by atoms with Crippen molar-refractivity contribution in [1.29, 1.82) is 0 Å². The zero-order chi connectivity index (χ0) is 15.7. The van der Waals surface area contributed by atoms with Crippen LogP contribution < -0.4 is 0 Å². The molecule has 0 fully saturated rings. The normalized spacial score (nSPS) is 15.1. The molecule has 112 valence electrons. The second-order valence-electron chi connectivity index (χ2n) is 5.20. The number of halogens is 1. The molecular weight excluding hydrogens is 302 g/mol. The lowest BCUT2D eigenvalue weighted by Gasteiger charge is -2.23. The molecule has 7 heteroatoms. The predicted molar refractivity (Wildman–Crippen MR) is 79.1 cm³/mol. The molecule has 0 amide bonds. The lowest BCUT2D eigenvalue weighted by Crippen LogP contribution is -2.17. The molecular formula is C13H18ClNO4S. The van der Waals surface area contributed by atoms with E-state index in [0.29, 0.717) is 5.56 Å². The first kappa shape index (κ1) is 16.9. The number of alkyl halides is 1. The van der Waals surface area contributed by atoms with Gasteiger partial charge >= 0.3 is 0 Å². The Labute approximate surface area is 124 Å². The highest BCUT2D eigenvalue weighted by Gasteiger charge is 2.29. The van der Waals surface area contributed by atoms with Gasteiger partial charge < -0.3 is 0 Å². The van der Waals surface area contributed by atoms with E-state index >= 15 is 0 Å². The van der Waals surface area contributed by atoms with Crippen molar-refractivity contribution >= 4 is 27.1 Å². The molecule has 0 aromatic heterocycles. The Morgan fingerprint density at radius 2 is 1.80 bits per heavy atom. The molecule has 0 spiro atoms. The highest BCUT2D eigenvalue weighted by molar-refractivity contribution is 7.90. The summed E-state index contributed by atoms with van der Waals surface area (Å²) in [6.45, 7) is 5.63. The van der Waals surface area contributed by atoms with Gasteiger partial charge in [-0.25, -0.2) is 8.42 Å². The molecule has 0 aliphatic rings. The Morgan fingerprint density at radius 1 is 1.25 bits per heavy atom. The van der Waals surface area contributed by atoms with Gasteiger partial charge in [0.25, 0.3) is 5.69 Å². The summed E-state index contributed by atoms with van der Waals surface area (Å²) in [5.41, 5.74) is 0.277. The topological polar surface area (TPSA) is 77.3 Å². The maximum Gasteiger partial charge on any atom is 0.274 e. The van der Waals surface area contributed by atoms with Crippen LogP contribution in [0.5, 0.6) is 0 Å². The molecule has 1 rings (SSSR count). The number of sulfone groups is 1. The van der Waals surface area contributed by atoms with Crippen LogP contribution in [0.3, 0.4) is 0 Å². The van der Waals surface area contributed by atoms with Crippen LogP contribution in [0.4, 0.5) is 5.69 Å². The Kier molecular flexibility index (Phi) is 5.15. The van der Waals surface area contributed by atoms with E-state index in [1.807, 2.05) is 13.8 Å². The maximum absolute atomic E-state index is 11.5. The highest BCUT2D eigenvalue weighted by Crippen LogP contribution is 2.37. The van der Waals surface area contributed by atoms with Crippen LogP contribution in [0.25, 0.3) is 0 Å². The van der Waals surface area contributed by atoms with Crippen LogP contribution in [0.1, 0.15) is 32.3 Å². The molecule has 2 unspecified atom stereocenters. The molecule has 5 nitrogen and oxygen atoms in total. The average molecular weight is 320 g/mol. The monoisotopic (exact) mass is 319 g/mol. The van der Waals surface area contributed by atoms with Gasteiger partial charge in [0, 0.05) is 29.2 Å². The summed E-state index contributed by atoms with van der Waals surface area (Å²) < 4.78 is 23.0. The molecule has 1 aromatic carbocycles. The molecule has 0 aliphatic carbocycles. The molecule has 20 heavy (non-hydrogen) atoms. The first-order valence-corrected chi connectivity index (χ1v) is 8.51. The lowest BCUT2D eigenvalue weighted by molar-refractivity contribution is -0.386. The summed E-state index contributed by atoms with van der Waals surface area (Å²) in [7, 11) is -3.48. The van der Waals surface area contributed by atoms with Gasteiger partial charge in [-0.1, -0.05) is 19.9 Å². The zero-order valence-electron chi connectivity index (χ0n) is 11.8. The van der Waals surface area contributed by atoms with E-state index in [1.165, 1.54) is 12.1 Å². The van der Waals surface area contributed by atoms with Gasteiger partial charge in [-0.3, -0.25) is 10.1 Å². The predicted octanol–water partition coefficient (Wildman–Crippen LogP) is 3.37. The average Bonchev–Trinajstić information content (AvgIpc) is 2.26. The van der Waals surface area contributed by atoms with E-state index in [-0.39, 0.29) is 27.8 Å². The molecule has 0 aliphatic heterocycles. The van der Waals surface area contributed by atoms with Crippen molar-refractivity contribution in [3.8, 4) is 0 Å². The highest BCUT2D eigenvalue weighted by atomic mass is 35.5. The van der Waals surface area contributed by atoms with E-state index in [0.717, 1.165) is 12.3 Å². The Balaban J connectivity index is 3.52. The molecule has 0 bridgehead atoms. The molecule has 0 saturated heterocycles. The third kappa shape index (κ3) is 3.70. The minimum absolute atomic E-state index is 0.0577. The number of rotatable bonds is 5. The van der Waals surface area contributed by atoms with E-state index < -0.39 is 14.8 Å². The second kappa shape index (κ2) is 6.10. The van der Waals surface area contributed by atoms with Gasteiger partial charge in [0.2, 0.25) is 0 Å². The summed E-state index contributed by atoms with van der Waals surface area (Å²) in [4.78, 5) is 10.6. The standard InChI is InChI=1S/C13H18ClNO4S/c1-8(2)13(9(3)14)11-6-5-10(20(4,18)19)7-12(11)15(16)17/h5-9,13H,1-4H3. The number of nitro groups is 1. The number of hydrogen-bond acceptors (Lipinski definition) is 4. The first-order chi connectivity index (χ1) is 9.05. The Hall–Kier alpha value is -1.14. The zero-order valence-corrected chi connectivity index (χ0v) is 13.4. The van der Waals surface area contributed by atoms with Gasteiger partial charge in [0.1, 0.15) is 0 Å². The van der Waals surface area contributed by atoms with Crippen molar-refractivity contribution in [2.45, 2.75) is 37.0 Å². The minimum atomic E-state index is -3.48. The van der Waals surface area contributed by atoms with Crippen LogP contribution in [-0.4, -0.2) is 25.0 Å². The molecule has 0 radical (unpaired) electrons.